The number of aromatic nitrogens is 4. The lowest BCUT2D eigenvalue weighted by Gasteiger charge is -2.33. The molecule has 3 heterocycles. The zero-order chi connectivity index (χ0) is 13.2. The Bertz CT molecular complexity index is 547. The summed E-state index contributed by atoms with van der Waals surface area (Å²) in [5, 5.41) is 11.3. The Hall–Kier alpha value is -1.69. The molecule has 1 fully saturated rings. The number of hydrogen-bond donors (Lipinski definition) is 1. The molecule has 0 bridgehead atoms. The zero-order valence-electron chi connectivity index (χ0n) is 11.4. The first-order chi connectivity index (χ1) is 9.22. The molecule has 0 radical (unpaired) electrons. The minimum absolute atomic E-state index is 0.288. The average Bonchev–Trinajstić information content (AvgIpc) is 2.99. The van der Waals surface area contributed by atoms with E-state index in [1.807, 2.05) is 19.9 Å². The van der Waals surface area contributed by atoms with Crippen LogP contribution in [0.15, 0.2) is 10.6 Å². The topological polar surface area (TPSA) is 70.8 Å². The number of piperidine rings is 1. The number of hydrogen-bond acceptors (Lipinski definition) is 5. The molecule has 6 nitrogen and oxygen atoms in total. The molecule has 0 spiro atoms. The van der Waals surface area contributed by atoms with Gasteiger partial charge in [0.05, 0.1) is 11.7 Å². The third-order valence-electron chi connectivity index (χ3n) is 3.57. The number of aromatic amines is 1. The molecule has 0 amide bonds. The molecule has 1 unspecified atom stereocenters. The van der Waals surface area contributed by atoms with E-state index in [2.05, 4.69) is 25.2 Å². The van der Waals surface area contributed by atoms with E-state index in [0.717, 1.165) is 42.6 Å². The summed E-state index contributed by atoms with van der Waals surface area (Å²) in [5.41, 5.74) is 0.983. The smallest absolute Gasteiger partial charge is 0.167 e. The molecule has 19 heavy (non-hydrogen) atoms. The van der Waals surface area contributed by atoms with Crippen molar-refractivity contribution in [3.8, 4) is 0 Å². The van der Waals surface area contributed by atoms with Gasteiger partial charge in [0, 0.05) is 12.6 Å². The number of rotatable bonds is 3. The van der Waals surface area contributed by atoms with Gasteiger partial charge in [-0.25, -0.2) is 4.98 Å². The molecule has 1 aliphatic heterocycles. The fraction of sp³-hybridized carbons (Fsp3) is 0.615. The predicted octanol–water partition coefficient (Wildman–Crippen LogP) is 2.14. The Morgan fingerprint density at radius 1 is 1.42 bits per heavy atom. The van der Waals surface area contributed by atoms with E-state index >= 15 is 0 Å². The van der Waals surface area contributed by atoms with E-state index in [4.69, 9.17) is 4.52 Å². The standard InChI is InChI=1S/C13H19N5O/c1-9-7-11(17-19-9)8-18-6-4-3-5-12(18)13-14-10(2)15-16-13/h7,12H,3-6,8H2,1-2H3,(H,14,15,16). The van der Waals surface area contributed by atoms with Gasteiger partial charge >= 0.3 is 0 Å². The van der Waals surface area contributed by atoms with Gasteiger partial charge < -0.3 is 4.52 Å². The highest BCUT2D eigenvalue weighted by molar-refractivity contribution is 5.05. The Kier molecular flexibility index (Phi) is 3.33. The van der Waals surface area contributed by atoms with Crippen molar-refractivity contribution < 1.29 is 4.52 Å². The molecule has 3 rings (SSSR count). The van der Waals surface area contributed by atoms with Crippen LogP contribution >= 0.6 is 0 Å². The lowest BCUT2D eigenvalue weighted by molar-refractivity contribution is 0.130. The number of aryl methyl sites for hydroxylation is 2. The fourth-order valence-corrected chi connectivity index (χ4v) is 2.68. The van der Waals surface area contributed by atoms with Gasteiger partial charge in [-0.2, -0.15) is 5.10 Å². The molecule has 1 atom stereocenters. The second-order valence-electron chi connectivity index (χ2n) is 5.19. The first kappa shape index (κ1) is 12.3. The summed E-state index contributed by atoms with van der Waals surface area (Å²) in [6.07, 6.45) is 3.55. The summed E-state index contributed by atoms with van der Waals surface area (Å²) in [6.45, 7) is 5.72. The number of nitrogens with zero attached hydrogens (tertiary/aromatic N) is 4. The molecule has 1 N–H and O–H groups in total. The van der Waals surface area contributed by atoms with Gasteiger partial charge in [-0.15, -0.1) is 0 Å². The highest BCUT2D eigenvalue weighted by Gasteiger charge is 2.27. The Labute approximate surface area is 112 Å². The van der Waals surface area contributed by atoms with E-state index in [-0.39, 0.29) is 6.04 Å². The van der Waals surface area contributed by atoms with Gasteiger partial charge in [0.1, 0.15) is 11.6 Å². The van der Waals surface area contributed by atoms with Gasteiger partial charge in [-0.05, 0) is 33.2 Å². The van der Waals surface area contributed by atoms with Crippen molar-refractivity contribution >= 4 is 0 Å². The van der Waals surface area contributed by atoms with Gasteiger partial charge in [0.25, 0.3) is 0 Å². The lowest BCUT2D eigenvalue weighted by Crippen LogP contribution is -2.33. The molecule has 2 aromatic heterocycles. The molecule has 0 aliphatic carbocycles. The summed E-state index contributed by atoms with van der Waals surface area (Å²) in [6, 6.07) is 2.28. The van der Waals surface area contributed by atoms with Crippen molar-refractivity contribution in [2.75, 3.05) is 6.54 Å². The van der Waals surface area contributed by atoms with E-state index in [1.165, 1.54) is 12.8 Å². The van der Waals surface area contributed by atoms with Crippen LogP contribution in [0.3, 0.4) is 0 Å². The van der Waals surface area contributed by atoms with Crippen LogP contribution in [-0.2, 0) is 6.54 Å². The van der Waals surface area contributed by atoms with Crippen molar-refractivity contribution in [1.29, 1.82) is 0 Å². The second kappa shape index (κ2) is 5.13. The lowest BCUT2D eigenvalue weighted by atomic mass is 10.0. The SMILES string of the molecule is Cc1nc(C2CCCCN2Cc2cc(C)on2)n[nH]1. The van der Waals surface area contributed by atoms with Crippen LogP contribution in [0.1, 0.15) is 48.4 Å². The molecule has 102 valence electrons. The van der Waals surface area contributed by atoms with Crippen LogP contribution in [0.4, 0.5) is 0 Å². The van der Waals surface area contributed by atoms with Crippen molar-refractivity contribution in [3.63, 3.8) is 0 Å². The third kappa shape index (κ3) is 2.68. The van der Waals surface area contributed by atoms with Crippen LogP contribution in [0.5, 0.6) is 0 Å². The molecular weight excluding hydrogens is 242 g/mol. The molecule has 2 aromatic rings. The molecule has 1 aliphatic rings. The maximum absolute atomic E-state index is 5.14. The molecule has 0 aromatic carbocycles. The summed E-state index contributed by atoms with van der Waals surface area (Å²) in [4.78, 5) is 6.87. The van der Waals surface area contributed by atoms with E-state index in [9.17, 15) is 0 Å². The minimum Gasteiger partial charge on any atom is -0.361 e. The van der Waals surface area contributed by atoms with Crippen LogP contribution in [0.25, 0.3) is 0 Å². The van der Waals surface area contributed by atoms with E-state index in [0.29, 0.717) is 0 Å². The Balaban J connectivity index is 1.77. The third-order valence-corrected chi connectivity index (χ3v) is 3.57. The summed E-state index contributed by atoms with van der Waals surface area (Å²) in [5.74, 6) is 2.63. The first-order valence-corrected chi connectivity index (χ1v) is 6.77. The highest BCUT2D eigenvalue weighted by Crippen LogP contribution is 2.30. The van der Waals surface area contributed by atoms with Crippen molar-refractivity contribution in [2.24, 2.45) is 0 Å². The van der Waals surface area contributed by atoms with Crippen LogP contribution in [0, 0.1) is 13.8 Å². The normalized spacial score (nSPS) is 20.8. The predicted molar refractivity (Wildman–Crippen MR) is 69.4 cm³/mol. The maximum atomic E-state index is 5.14. The molecule has 0 saturated carbocycles. The van der Waals surface area contributed by atoms with Gasteiger partial charge in [-0.3, -0.25) is 10.00 Å². The van der Waals surface area contributed by atoms with Gasteiger partial charge in [-0.1, -0.05) is 11.6 Å². The van der Waals surface area contributed by atoms with Gasteiger partial charge in [0.15, 0.2) is 5.82 Å². The van der Waals surface area contributed by atoms with Crippen molar-refractivity contribution in [3.05, 3.63) is 29.2 Å². The number of H-pyrrole nitrogens is 1. The monoisotopic (exact) mass is 261 g/mol. The van der Waals surface area contributed by atoms with Crippen LogP contribution in [-0.4, -0.2) is 31.8 Å². The Morgan fingerprint density at radius 3 is 3.00 bits per heavy atom. The molecule has 1 saturated heterocycles. The van der Waals surface area contributed by atoms with E-state index < -0.39 is 0 Å². The molecular formula is C13H19N5O. The van der Waals surface area contributed by atoms with E-state index in [1.54, 1.807) is 0 Å². The quantitative estimate of drug-likeness (QED) is 0.916. The van der Waals surface area contributed by atoms with Crippen molar-refractivity contribution in [1.82, 2.24) is 25.2 Å². The second-order valence-corrected chi connectivity index (χ2v) is 5.19. The number of nitrogens with one attached hydrogen (secondary N) is 1. The summed E-state index contributed by atoms with van der Waals surface area (Å²) >= 11 is 0. The largest absolute Gasteiger partial charge is 0.361 e. The first-order valence-electron chi connectivity index (χ1n) is 6.77. The van der Waals surface area contributed by atoms with Gasteiger partial charge in [0.2, 0.25) is 0 Å². The highest BCUT2D eigenvalue weighted by atomic mass is 16.5. The Morgan fingerprint density at radius 2 is 2.32 bits per heavy atom. The van der Waals surface area contributed by atoms with Crippen LogP contribution < -0.4 is 0 Å². The minimum atomic E-state index is 0.288. The average molecular weight is 261 g/mol. The number of likely N-dealkylation sites (tertiary alicyclic amines) is 1. The zero-order valence-corrected chi connectivity index (χ0v) is 11.4. The maximum Gasteiger partial charge on any atom is 0.167 e. The summed E-state index contributed by atoms with van der Waals surface area (Å²) < 4.78 is 5.14. The van der Waals surface area contributed by atoms with Crippen LogP contribution in [0.2, 0.25) is 0 Å². The summed E-state index contributed by atoms with van der Waals surface area (Å²) in [7, 11) is 0. The molecule has 6 heteroatoms. The van der Waals surface area contributed by atoms with Crippen molar-refractivity contribution in [2.45, 2.75) is 45.7 Å². The fourth-order valence-electron chi connectivity index (χ4n) is 2.68.